The van der Waals surface area contributed by atoms with E-state index in [1.807, 2.05) is 60.7 Å². The third kappa shape index (κ3) is 2.79. The second kappa shape index (κ2) is 6.25. The largest absolute Gasteiger partial charge is 0.252 e. The Balaban J connectivity index is 1.93. The molecule has 24 heavy (non-hydrogen) atoms. The van der Waals surface area contributed by atoms with Crippen molar-refractivity contribution in [2.75, 3.05) is 0 Å². The number of hydrogen-bond acceptors (Lipinski definition) is 1. The van der Waals surface area contributed by atoms with Crippen molar-refractivity contribution in [2.24, 2.45) is 0 Å². The Morgan fingerprint density at radius 2 is 1.46 bits per heavy atom. The van der Waals surface area contributed by atoms with E-state index in [-0.39, 0.29) is 5.82 Å². The second-order valence-electron chi connectivity index (χ2n) is 5.82. The van der Waals surface area contributed by atoms with Crippen LogP contribution >= 0.6 is 0 Å². The van der Waals surface area contributed by atoms with Crippen molar-refractivity contribution in [1.82, 2.24) is 4.98 Å². The minimum Gasteiger partial charge on any atom is -0.252 e. The van der Waals surface area contributed by atoms with Crippen LogP contribution in [0.1, 0.15) is 11.3 Å². The van der Waals surface area contributed by atoms with Crippen molar-refractivity contribution in [3.63, 3.8) is 0 Å². The SMILES string of the molecule is Fc1cccc2nc(Cc3ccccc3)c(-c3ccccc3)cc12. The molecule has 0 unspecified atom stereocenters. The highest BCUT2D eigenvalue weighted by molar-refractivity contribution is 5.85. The molecular formula is C22H16FN. The van der Waals surface area contributed by atoms with Gasteiger partial charge in [-0.25, -0.2) is 4.39 Å². The standard InChI is InChI=1S/C22H16FN/c23-20-12-7-13-21-19(20)15-18(17-10-5-2-6-11-17)22(24-21)14-16-8-3-1-4-9-16/h1-13,15H,14H2. The van der Waals surface area contributed by atoms with Gasteiger partial charge in [0.15, 0.2) is 0 Å². The van der Waals surface area contributed by atoms with Crippen LogP contribution in [0, 0.1) is 5.82 Å². The summed E-state index contributed by atoms with van der Waals surface area (Å²) < 4.78 is 14.2. The molecular weight excluding hydrogens is 297 g/mol. The molecule has 3 aromatic carbocycles. The molecule has 0 radical (unpaired) electrons. The molecule has 0 atom stereocenters. The third-order valence-corrected chi connectivity index (χ3v) is 4.18. The zero-order valence-corrected chi connectivity index (χ0v) is 13.1. The van der Waals surface area contributed by atoms with Gasteiger partial charge in [-0.1, -0.05) is 66.7 Å². The second-order valence-corrected chi connectivity index (χ2v) is 5.82. The summed E-state index contributed by atoms with van der Waals surface area (Å²) in [6.07, 6.45) is 0.720. The Morgan fingerprint density at radius 3 is 2.21 bits per heavy atom. The fourth-order valence-electron chi connectivity index (χ4n) is 2.99. The Morgan fingerprint density at radius 1 is 0.750 bits per heavy atom. The first kappa shape index (κ1) is 14.6. The van der Waals surface area contributed by atoms with Gasteiger partial charge in [0, 0.05) is 17.4 Å². The lowest BCUT2D eigenvalue weighted by Crippen LogP contribution is -1.98. The predicted octanol–water partition coefficient (Wildman–Crippen LogP) is 5.63. The van der Waals surface area contributed by atoms with Gasteiger partial charge in [-0.2, -0.15) is 0 Å². The van der Waals surface area contributed by atoms with Crippen LogP contribution in [0.2, 0.25) is 0 Å². The van der Waals surface area contributed by atoms with E-state index in [1.54, 1.807) is 6.07 Å². The highest BCUT2D eigenvalue weighted by Gasteiger charge is 2.12. The van der Waals surface area contributed by atoms with Gasteiger partial charge in [-0.3, -0.25) is 4.98 Å². The number of benzene rings is 3. The van der Waals surface area contributed by atoms with Gasteiger partial charge in [-0.15, -0.1) is 0 Å². The first-order valence-electron chi connectivity index (χ1n) is 7.99. The Labute approximate surface area is 140 Å². The van der Waals surface area contributed by atoms with Gasteiger partial charge >= 0.3 is 0 Å². The van der Waals surface area contributed by atoms with E-state index in [1.165, 1.54) is 11.6 Å². The van der Waals surface area contributed by atoms with Gasteiger partial charge in [-0.05, 0) is 29.3 Å². The fourth-order valence-corrected chi connectivity index (χ4v) is 2.99. The summed E-state index contributed by atoms with van der Waals surface area (Å²) >= 11 is 0. The lowest BCUT2D eigenvalue weighted by molar-refractivity contribution is 0.639. The molecule has 4 aromatic rings. The topological polar surface area (TPSA) is 12.9 Å². The van der Waals surface area contributed by atoms with Crippen molar-refractivity contribution in [1.29, 1.82) is 0 Å². The van der Waals surface area contributed by atoms with E-state index in [0.29, 0.717) is 10.9 Å². The number of halogens is 1. The van der Waals surface area contributed by atoms with Gasteiger partial charge in [0.05, 0.1) is 11.2 Å². The number of aromatic nitrogens is 1. The highest BCUT2D eigenvalue weighted by atomic mass is 19.1. The van der Waals surface area contributed by atoms with Crippen LogP contribution in [-0.4, -0.2) is 4.98 Å². The average molecular weight is 313 g/mol. The number of nitrogens with zero attached hydrogens (tertiary/aromatic N) is 1. The fraction of sp³-hybridized carbons (Fsp3) is 0.0455. The monoisotopic (exact) mass is 313 g/mol. The maximum Gasteiger partial charge on any atom is 0.132 e. The van der Waals surface area contributed by atoms with Crippen LogP contribution in [-0.2, 0) is 6.42 Å². The summed E-state index contributed by atoms with van der Waals surface area (Å²) in [5.41, 5.74) is 4.89. The van der Waals surface area contributed by atoms with Crippen molar-refractivity contribution >= 4 is 10.9 Å². The first-order chi connectivity index (χ1) is 11.8. The number of pyridine rings is 1. The van der Waals surface area contributed by atoms with Crippen LogP contribution in [0.25, 0.3) is 22.0 Å². The molecule has 1 heterocycles. The molecule has 0 aliphatic rings. The molecule has 116 valence electrons. The maximum atomic E-state index is 14.2. The van der Waals surface area contributed by atoms with E-state index >= 15 is 0 Å². The molecule has 0 aliphatic carbocycles. The molecule has 0 amide bonds. The van der Waals surface area contributed by atoms with Gasteiger partial charge in [0.25, 0.3) is 0 Å². The van der Waals surface area contributed by atoms with E-state index in [2.05, 4.69) is 12.1 Å². The molecule has 0 saturated carbocycles. The number of rotatable bonds is 3. The lowest BCUT2D eigenvalue weighted by Gasteiger charge is -2.12. The first-order valence-corrected chi connectivity index (χ1v) is 7.99. The third-order valence-electron chi connectivity index (χ3n) is 4.18. The molecule has 0 fully saturated rings. The predicted molar refractivity (Wildman–Crippen MR) is 96.4 cm³/mol. The molecule has 2 heteroatoms. The van der Waals surface area contributed by atoms with Crippen LogP contribution in [0.3, 0.4) is 0 Å². The van der Waals surface area contributed by atoms with Crippen molar-refractivity contribution in [3.8, 4) is 11.1 Å². The van der Waals surface area contributed by atoms with E-state index in [4.69, 9.17) is 4.98 Å². The summed E-state index contributed by atoms with van der Waals surface area (Å²) in [5.74, 6) is -0.233. The molecule has 0 bridgehead atoms. The Bertz CT molecular complexity index is 979. The minimum absolute atomic E-state index is 0.233. The lowest BCUT2D eigenvalue weighted by atomic mass is 9.97. The molecule has 4 rings (SSSR count). The number of fused-ring (bicyclic) bond motifs is 1. The van der Waals surface area contributed by atoms with E-state index in [0.717, 1.165) is 23.2 Å². The van der Waals surface area contributed by atoms with Gasteiger partial charge in [0.2, 0.25) is 0 Å². The molecule has 0 aliphatic heterocycles. The summed E-state index contributed by atoms with van der Waals surface area (Å²) in [4.78, 5) is 4.77. The summed E-state index contributed by atoms with van der Waals surface area (Å²) in [6, 6.07) is 27.3. The van der Waals surface area contributed by atoms with Gasteiger partial charge < -0.3 is 0 Å². The van der Waals surface area contributed by atoms with E-state index < -0.39 is 0 Å². The summed E-state index contributed by atoms with van der Waals surface area (Å²) in [6.45, 7) is 0. The Kier molecular flexibility index (Phi) is 3.80. The minimum atomic E-state index is -0.233. The van der Waals surface area contributed by atoms with Crippen LogP contribution < -0.4 is 0 Å². The van der Waals surface area contributed by atoms with Crippen LogP contribution in [0.4, 0.5) is 4.39 Å². The zero-order chi connectivity index (χ0) is 16.4. The zero-order valence-electron chi connectivity index (χ0n) is 13.1. The van der Waals surface area contributed by atoms with Crippen LogP contribution in [0.5, 0.6) is 0 Å². The average Bonchev–Trinajstić information content (AvgIpc) is 2.63. The smallest absolute Gasteiger partial charge is 0.132 e. The summed E-state index contributed by atoms with van der Waals surface area (Å²) in [7, 11) is 0. The van der Waals surface area contributed by atoms with Crippen molar-refractivity contribution in [2.45, 2.75) is 6.42 Å². The van der Waals surface area contributed by atoms with Gasteiger partial charge in [0.1, 0.15) is 5.82 Å². The molecule has 0 saturated heterocycles. The Hall–Kier alpha value is -3.00. The quantitative estimate of drug-likeness (QED) is 0.477. The van der Waals surface area contributed by atoms with Crippen molar-refractivity contribution < 1.29 is 4.39 Å². The van der Waals surface area contributed by atoms with Crippen LogP contribution in [0.15, 0.2) is 84.9 Å². The molecule has 0 N–H and O–H groups in total. The molecule has 1 nitrogen and oxygen atoms in total. The number of hydrogen-bond donors (Lipinski definition) is 0. The summed E-state index contributed by atoms with van der Waals surface area (Å²) in [5, 5.41) is 0.563. The molecule has 1 aromatic heterocycles. The highest BCUT2D eigenvalue weighted by Crippen LogP contribution is 2.29. The van der Waals surface area contributed by atoms with E-state index in [9.17, 15) is 4.39 Å². The molecule has 0 spiro atoms. The normalized spacial score (nSPS) is 10.9. The van der Waals surface area contributed by atoms with Crippen molar-refractivity contribution in [3.05, 3.63) is 102 Å². The maximum absolute atomic E-state index is 14.2.